The summed E-state index contributed by atoms with van der Waals surface area (Å²) in [7, 11) is 1.26. The highest BCUT2D eigenvalue weighted by Crippen LogP contribution is 2.35. The number of fused-ring (bicyclic) bond motifs is 2. The van der Waals surface area contributed by atoms with E-state index in [4.69, 9.17) is 0 Å². The van der Waals surface area contributed by atoms with E-state index in [1.165, 1.54) is 214 Å². The van der Waals surface area contributed by atoms with Crippen molar-refractivity contribution in [3.05, 3.63) is 0 Å². The third kappa shape index (κ3) is 23.9. The van der Waals surface area contributed by atoms with Crippen molar-refractivity contribution in [1.82, 2.24) is 0 Å². The van der Waals surface area contributed by atoms with E-state index in [2.05, 4.69) is 0 Å². The summed E-state index contributed by atoms with van der Waals surface area (Å²) in [5.41, 5.74) is 0. The number of hydrogen-bond donors (Lipinski definition) is 0. The average Bonchev–Trinajstić information content (AvgIpc) is 2.97. The van der Waals surface area contributed by atoms with Gasteiger partial charge in [0.05, 0.1) is 0 Å². The second kappa shape index (κ2) is 29.5. The maximum atomic E-state index is 1.58. The molecule has 0 nitrogen and oxygen atoms in total. The van der Waals surface area contributed by atoms with Gasteiger partial charge in [-0.3, -0.25) is 0 Å². The first-order chi connectivity index (χ1) is 19.9. The summed E-state index contributed by atoms with van der Waals surface area (Å²) in [6.45, 7) is 0. The molecular formula is C39H77P. The molecule has 0 aromatic rings. The van der Waals surface area contributed by atoms with Crippen LogP contribution in [0.1, 0.15) is 225 Å². The second-order valence-corrected chi connectivity index (χ2v) is 16.0. The highest BCUT2D eigenvalue weighted by molar-refractivity contribution is 7.37. The predicted octanol–water partition coefficient (Wildman–Crippen LogP) is 14.6. The average molecular weight is 577 g/mol. The maximum Gasteiger partial charge on any atom is -0.0353 e. The second-order valence-electron chi connectivity index (χ2n) is 14.5. The third-order valence-electron chi connectivity index (χ3n) is 10.6. The van der Waals surface area contributed by atoms with Gasteiger partial charge < -0.3 is 0 Å². The molecule has 1 saturated carbocycles. The standard InChI is InChI=1S/C39H77P/c1-2-4-6-8-10-12-14-16-18-20-24-28-35-40-36-29-25-21-23-27-32-39-34-30-33-38(37-39)31-26-22-19-17-15-13-11-9-7-5-3-1/h38-40H,1-37H2. The van der Waals surface area contributed by atoms with Crippen LogP contribution in [0.25, 0.3) is 0 Å². The van der Waals surface area contributed by atoms with Crippen LogP contribution in [0.2, 0.25) is 0 Å². The SMILES string of the molecule is C1CCCCCCCCCCCCCC2CCCC(CCCCCCCPCCCCCCCCCCCC1)C2. The van der Waals surface area contributed by atoms with E-state index in [1.54, 1.807) is 32.1 Å². The molecule has 40 heavy (non-hydrogen) atoms. The summed E-state index contributed by atoms with van der Waals surface area (Å²) in [6.07, 6.45) is 56.1. The van der Waals surface area contributed by atoms with Crippen LogP contribution in [0.15, 0.2) is 0 Å². The van der Waals surface area contributed by atoms with Crippen LogP contribution in [0.3, 0.4) is 0 Å². The fourth-order valence-corrected chi connectivity index (χ4v) is 9.09. The van der Waals surface area contributed by atoms with Crippen molar-refractivity contribution in [3.63, 3.8) is 0 Å². The molecule has 1 aliphatic carbocycles. The Labute approximate surface area is 257 Å². The zero-order valence-corrected chi connectivity index (χ0v) is 28.8. The van der Waals surface area contributed by atoms with Crippen molar-refractivity contribution in [2.75, 3.05) is 12.3 Å². The molecule has 1 heteroatoms. The van der Waals surface area contributed by atoms with E-state index in [9.17, 15) is 0 Å². The Morgan fingerprint density at radius 1 is 0.225 bits per heavy atom. The molecule has 2 aliphatic rings. The van der Waals surface area contributed by atoms with Crippen LogP contribution in [-0.4, -0.2) is 12.3 Å². The van der Waals surface area contributed by atoms with Gasteiger partial charge in [0.15, 0.2) is 0 Å². The van der Waals surface area contributed by atoms with Gasteiger partial charge in [-0.05, 0) is 43.4 Å². The normalized spacial score (nSPS) is 28.8. The Morgan fingerprint density at radius 3 is 0.750 bits per heavy atom. The topological polar surface area (TPSA) is 0 Å². The van der Waals surface area contributed by atoms with Gasteiger partial charge in [0, 0.05) is 0 Å². The summed E-state index contributed by atoms with van der Waals surface area (Å²) in [5, 5.41) is 0. The molecule has 0 N–H and O–H groups in total. The molecule has 1 aliphatic heterocycles. The van der Waals surface area contributed by atoms with E-state index < -0.39 is 0 Å². The molecule has 0 aromatic carbocycles. The van der Waals surface area contributed by atoms with Gasteiger partial charge in [-0.2, -0.15) is 0 Å². The van der Waals surface area contributed by atoms with Crippen molar-refractivity contribution in [2.24, 2.45) is 11.8 Å². The lowest BCUT2D eigenvalue weighted by Crippen LogP contribution is -2.15. The molecule has 238 valence electrons. The first-order valence-corrected chi connectivity index (χ1v) is 21.1. The summed E-state index contributed by atoms with van der Waals surface area (Å²) >= 11 is 0. The Kier molecular flexibility index (Phi) is 27.0. The molecule has 2 rings (SSSR count). The Hall–Kier alpha value is 0.430. The van der Waals surface area contributed by atoms with Crippen molar-refractivity contribution < 1.29 is 0 Å². The zero-order chi connectivity index (χ0) is 28.0. The first kappa shape index (κ1) is 36.6. The van der Waals surface area contributed by atoms with Crippen LogP contribution < -0.4 is 0 Å². The lowest BCUT2D eigenvalue weighted by atomic mass is 9.77. The van der Waals surface area contributed by atoms with E-state index >= 15 is 0 Å². The monoisotopic (exact) mass is 577 g/mol. The van der Waals surface area contributed by atoms with Gasteiger partial charge in [-0.1, -0.05) is 205 Å². The van der Waals surface area contributed by atoms with Gasteiger partial charge in [0.25, 0.3) is 0 Å². The van der Waals surface area contributed by atoms with E-state index in [0.29, 0.717) is 0 Å². The lowest BCUT2D eigenvalue weighted by Gasteiger charge is -2.29. The fraction of sp³-hybridized carbons (Fsp3) is 1.00. The summed E-state index contributed by atoms with van der Waals surface area (Å²) in [6, 6.07) is 0. The van der Waals surface area contributed by atoms with Gasteiger partial charge in [-0.15, -0.1) is 8.58 Å². The molecule has 0 radical (unpaired) electrons. The molecule has 2 bridgehead atoms. The fourth-order valence-electron chi connectivity index (χ4n) is 7.84. The van der Waals surface area contributed by atoms with E-state index in [1.807, 2.05) is 0 Å². The van der Waals surface area contributed by atoms with Crippen LogP contribution >= 0.6 is 8.58 Å². The highest BCUT2D eigenvalue weighted by atomic mass is 31.1. The van der Waals surface area contributed by atoms with Crippen LogP contribution in [0, 0.1) is 11.8 Å². The molecule has 1 saturated heterocycles. The first-order valence-electron chi connectivity index (χ1n) is 19.7. The van der Waals surface area contributed by atoms with Crippen molar-refractivity contribution in [1.29, 1.82) is 0 Å². The minimum atomic E-state index is 1.08. The Morgan fingerprint density at radius 2 is 0.450 bits per heavy atom. The molecular weight excluding hydrogens is 499 g/mol. The van der Waals surface area contributed by atoms with Crippen LogP contribution in [0.5, 0.6) is 0 Å². The highest BCUT2D eigenvalue weighted by Gasteiger charge is 2.21. The summed E-state index contributed by atoms with van der Waals surface area (Å²) in [5.74, 6) is 2.17. The van der Waals surface area contributed by atoms with Gasteiger partial charge in [-0.25, -0.2) is 0 Å². The smallest absolute Gasteiger partial charge is 0.0353 e. The predicted molar refractivity (Wildman–Crippen MR) is 187 cm³/mol. The largest absolute Gasteiger partial charge is 0.122 e. The maximum absolute atomic E-state index is 1.58. The Bertz CT molecular complexity index is 445. The minimum absolute atomic E-state index is 1.08. The van der Waals surface area contributed by atoms with Crippen molar-refractivity contribution >= 4 is 8.58 Å². The quantitative estimate of drug-likeness (QED) is 0.252. The Balaban J connectivity index is 1.51. The van der Waals surface area contributed by atoms with Crippen LogP contribution in [0.4, 0.5) is 0 Å². The number of hydrogen-bond acceptors (Lipinski definition) is 0. The molecule has 0 spiro atoms. The molecule has 2 fully saturated rings. The molecule has 3 unspecified atom stereocenters. The van der Waals surface area contributed by atoms with Crippen LogP contribution in [-0.2, 0) is 0 Å². The number of rotatable bonds is 0. The minimum Gasteiger partial charge on any atom is -0.122 e. The molecule has 1 heterocycles. The van der Waals surface area contributed by atoms with Gasteiger partial charge in [0.1, 0.15) is 0 Å². The molecule has 0 aromatic heterocycles. The van der Waals surface area contributed by atoms with Crippen molar-refractivity contribution in [3.8, 4) is 0 Å². The third-order valence-corrected chi connectivity index (χ3v) is 12.0. The van der Waals surface area contributed by atoms with Gasteiger partial charge >= 0.3 is 0 Å². The summed E-state index contributed by atoms with van der Waals surface area (Å²) < 4.78 is 0. The van der Waals surface area contributed by atoms with Crippen molar-refractivity contribution in [2.45, 2.75) is 225 Å². The molecule has 3 atom stereocenters. The summed E-state index contributed by atoms with van der Waals surface area (Å²) in [4.78, 5) is 0. The zero-order valence-electron chi connectivity index (χ0n) is 27.8. The molecule has 0 amide bonds. The van der Waals surface area contributed by atoms with E-state index in [-0.39, 0.29) is 0 Å². The lowest BCUT2D eigenvalue weighted by molar-refractivity contribution is 0.235. The van der Waals surface area contributed by atoms with Gasteiger partial charge in [0.2, 0.25) is 0 Å². The van der Waals surface area contributed by atoms with E-state index in [0.717, 1.165) is 11.8 Å².